The molecule has 1 N–H and O–H groups in total. The zero-order valence-electron chi connectivity index (χ0n) is 12.3. The Labute approximate surface area is 116 Å². The zero-order valence-corrected chi connectivity index (χ0v) is 12.3. The van der Waals surface area contributed by atoms with E-state index in [1.165, 1.54) is 43.4 Å². The summed E-state index contributed by atoms with van der Waals surface area (Å²) >= 11 is 0. The standard InChI is InChI=1S/C15H27N3O/c1-3-15-13(11-17(2)16-15)12-18(9-10-19)14-7-5-4-6-8-14/h11,14,19H,3-10,12H2,1-2H3. The molecule has 0 bridgehead atoms. The number of aromatic nitrogens is 2. The van der Waals surface area contributed by atoms with Crippen LogP contribution >= 0.6 is 0 Å². The van der Waals surface area contributed by atoms with Gasteiger partial charge in [-0.25, -0.2) is 0 Å². The summed E-state index contributed by atoms with van der Waals surface area (Å²) in [6.07, 6.45) is 9.71. The number of nitrogens with zero attached hydrogens (tertiary/aromatic N) is 3. The van der Waals surface area contributed by atoms with Crippen molar-refractivity contribution in [1.29, 1.82) is 0 Å². The lowest BCUT2D eigenvalue weighted by Gasteiger charge is -2.33. The monoisotopic (exact) mass is 265 g/mol. The van der Waals surface area contributed by atoms with E-state index < -0.39 is 0 Å². The molecule has 1 heterocycles. The number of hydrogen-bond acceptors (Lipinski definition) is 3. The Balaban J connectivity index is 2.06. The minimum Gasteiger partial charge on any atom is -0.395 e. The molecular formula is C15H27N3O. The fraction of sp³-hybridized carbons (Fsp3) is 0.800. The third-order valence-electron chi connectivity index (χ3n) is 4.18. The first-order valence-corrected chi connectivity index (χ1v) is 7.61. The van der Waals surface area contributed by atoms with Crippen LogP contribution in [0.1, 0.15) is 50.3 Å². The van der Waals surface area contributed by atoms with E-state index in [4.69, 9.17) is 0 Å². The van der Waals surface area contributed by atoms with Gasteiger partial charge in [0.1, 0.15) is 0 Å². The molecule has 1 aromatic heterocycles. The molecule has 0 aliphatic heterocycles. The summed E-state index contributed by atoms with van der Waals surface area (Å²) in [5, 5.41) is 13.8. The van der Waals surface area contributed by atoms with Gasteiger partial charge in [-0.15, -0.1) is 0 Å². The van der Waals surface area contributed by atoms with Crippen LogP contribution in [0.3, 0.4) is 0 Å². The first-order chi connectivity index (χ1) is 9.24. The molecule has 0 atom stereocenters. The van der Waals surface area contributed by atoms with Crippen LogP contribution in [0.25, 0.3) is 0 Å². The van der Waals surface area contributed by atoms with Gasteiger partial charge in [0, 0.05) is 37.9 Å². The molecule has 0 unspecified atom stereocenters. The van der Waals surface area contributed by atoms with Crippen molar-refractivity contribution in [2.45, 2.75) is 58.0 Å². The van der Waals surface area contributed by atoms with Crippen molar-refractivity contribution in [1.82, 2.24) is 14.7 Å². The Morgan fingerprint density at radius 3 is 2.74 bits per heavy atom. The lowest BCUT2D eigenvalue weighted by atomic mass is 9.94. The second-order valence-electron chi connectivity index (χ2n) is 5.61. The van der Waals surface area contributed by atoms with E-state index in [1.54, 1.807) is 0 Å². The van der Waals surface area contributed by atoms with Crippen molar-refractivity contribution >= 4 is 0 Å². The highest BCUT2D eigenvalue weighted by Crippen LogP contribution is 2.24. The van der Waals surface area contributed by atoms with E-state index in [0.717, 1.165) is 19.5 Å². The first kappa shape index (κ1) is 14.5. The Hall–Kier alpha value is -0.870. The van der Waals surface area contributed by atoms with E-state index in [1.807, 2.05) is 11.7 Å². The summed E-state index contributed by atoms with van der Waals surface area (Å²) in [7, 11) is 1.99. The fourth-order valence-corrected chi connectivity index (χ4v) is 3.20. The predicted molar refractivity (Wildman–Crippen MR) is 77.0 cm³/mol. The smallest absolute Gasteiger partial charge is 0.0666 e. The van der Waals surface area contributed by atoms with E-state index in [9.17, 15) is 5.11 Å². The number of rotatable bonds is 6. The average molecular weight is 265 g/mol. The van der Waals surface area contributed by atoms with Crippen LogP contribution in [0.5, 0.6) is 0 Å². The highest BCUT2D eigenvalue weighted by molar-refractivity contribution is 5.17. The molecule has 1 fully saturated rings. The number of aliphatic hydroxyl groups is 1. The molecule has 1 aliphatic rings. The summed E-state index contributed by atoms with van der Waals surface area (Å²) < 4.78 is 1.91. The molecule has 0 radical (unpaired) electrons. The Morgan fingerprint density at radius 2 is 2.11 bits per heavy atom. The SMILES string of the molecule is CCc1nn(C)cc1CN(CCO)C1CCCCC1. The minimum absolute atomic E-state index is 0.248. The van der Waals surface area contributed by atoms with Crippen LogP contribution in [-0.2, 0) is 20.0 Å². The second kappa shape index (κ2) is 7.06. The lowest BCUT2D eigenvalue weighted by molar-refractivity contribution is 0.117. The maximum absolute atomic E-state index is 9.31. The Bertz CT molecular complexity index is 383. The molecule has 0 saturated heterocycles. The molecule has 0 amide bonds. The summed E-state index contributed by atoms with van der Waals surface area (Å²) in [4.78, 5) is 2.45. The van der Waals surface area contributed by atoms with Crippen LogP contribution in [0, 0.1) is 0 Å². The third-order valence-corrected chi connectivity index (χ3v) is 4.18. The van der Waals surface area contributed by atoms with Crippen molar-refractivity contribution in [3.63, 3.8) is 0 Å². The van der Waals surface area contributed by atoms with Gasteiger partial charge in [-0.3, -0.25) is 9.58 Å². The number of aryl methyl sites for hydroxylation is 2. The fourth-order valence-electron chi connectivity index (χ4n) is 3.20. The van der Waals surface area contributed by atoms with Gasteiger partial charge in [0.25, 0.3) is 0 Å². The van der Waals surface area contributed by atoms with Gasteiger partial charge in [-0.1, -0.05) is 26.2 Å². The zero-order chi connectivity index (χ0) is 13.7. The lowest BCUT2D eigenvalue weighted by Crippen LogP contribution is -2.38. The maximum Gasteiger partial charge on any atom is 0.0666 e. The molecule has 4 nitrogen and oxygen atoms in total. The molecule has 1 aliphatic carbocycles. The topological polar surface area (TPSA) is 41.3 Å². The van der Waals surface area contributed by atoms with Crippen LogP contribution < -0.4 is 0 Å². The molecule has 1 aromatic rings. The minimum atomic E-state index is 0.248. The maximum atomic E-state index is 9.31. The molecule has 0 spiro atoms. The van der Waals surface area contributed by atoms with Crippen molar-refractivity contribution in [3.8, 4) is 0 Å². The molecule has 108 valence electrons. The van der Waals surface area contributed by atoms with Crippen LogP contribution in [0.4, 0.5) is 0 Å². The predicted octanol–water partition coefficient (Wildman–Crippen LogP) is 2.11. The van der Waals surface area contributed by atoms with Gasteiger partial charge in [0.05, 0.1) is 12.3 Å². The molecule has 2 rings (SSSR count). The van der Waals surface area contributed by atoms with Crippen LogP contribution in [0.2, 0.25) is 0 Å². The molecule has 4 heteroatoms. The van der Waals surface area contributed by atoms with E-state index in [0.29, 0.717) is 6.04 Å². The van der Waals surface area contributed by atoms with Crippen molar-refractivity contribution < 1.29 is 5.11 Å². The second-order valence-corrected chi connectivity index (χ2v) is 5.61. The molecular weight excluding hydrogens is 238 g/mol. The largest absolute Gasteiger partial charge is 0.395 e. The van der Waals surface area contributed by atoms with Gasteiger partial charge in [0.15, 0.2) is 0 Å². The Kier molecular flexibility index (Phi) is 5.40. The van der Waals surface area contributed by atoms with Gasteiger partial charge in [-0.05, 0) is 19.3 Å². The highest BCUT2D eigenvalue weighted by Gasteiger charge is 2.22. The molecule has 1 saturated carbocycles. The average Bonchev–Trinajstić information content (AvgIpc) is 2.79. The summed E-state index contributed by atoms with van der Waals surface area (Å²) in [5.74, 6) is 0. The quantitative estimate of drug-likeness (QED) is 0.856. The summed E-state index contributed by atoms with van der Waals surface area (Å²) in [6, 6.07) is 0.644. The van der Waals surface area contributed by atoms with E-state index in [2.05, 4.69) is 23.1 Å². The van der Waals surface area contributed by atoms with E-state index in [-0.39, 0.29) is 6.61 Å². The highest BCUT2D eigenvalue weighted by atomic mass is 16.3. The summed E-state index contributed by atoms with van der Waals surface area (Å²) in [6.45, 7) is 4.12. The Morgan fingerprint density at radius 1 is 1.37 bits per heavy atom. The molecule has 19 heavy (non-hydrogen) atoms. The van der Waals surface area contributed by atoms with Gasteiger partial charge in [0.2, 0.25) is 0 Å². The third kappa shape index (κ3) is 3.80. The van der Waals surface area contributed by atoms with Crippen LogP contribution in [0.15, 0.2) is 6.20 Å². The number of hydrogen-bond donors (Lipinski definition) is 1. The number of aliphatic hydroxyl groups excluding tert-OH is 1. The van der Waals surface area contributed by atoms with E-state index >= 15 is 0 Å². The van der Waals surface area contributed by atoms with Crippen molar-refractivity contribution in [2.75, 3.05) is 13.2 Å². The summed E-state index contributed by atoms with van der Waals surface area (Å²) in [5.41, 5.74) is 2.52. The first-order valence-electron chi connectivity index (χ1n) is 7.61. The van der Waals surface area contributed by atoms with Gasteiger partial charge in [-0.2, -0.15) is 5.10 Å². The van der Waals surface area contributed by atoms with Gasteiger partial charge >= 0.3 is 0 Å². The van der Waals surface area contributed by atoms with Crippen molar-refractivity contribution in [3.05, 3.63) is 17.5 Å². The van der Waals surface area contributed by atoms with Crippen LogP contribution in [-0.4, -0.2) is 39.0 Å². The molecule has 0 aromatic carbocycles. The van der Waals surface area contributed by atoms with Crippen molar-refractivity contribution in [2.24, 2.45) is 7.05 Å². The van der Waals surface area contributed by atoms with Gasteiger partial charge < -0.3 is 5.11 Å². The normalized spacial score (nSPS) is 17.3.